The van der Waals surface area contributed by atoms with E-state index in [1.807, 2.05) is 30.3 Å². The molecular formula is C15H15NO4. The number of phenols is 3. The molecule has 104 valence electrons. The van der Waals surface area contributed by atoms with Gasteiger partial charge in [-0.2, -0.15) is 0 Å². The highest BCUT2D eigenvalue weighted by molar-refractivity contribution is 5.72. The van der Waals surface area contributed by atoms with Crippen LogP contribution in [0.4, 0.5) is 5.69 Å². The van der Waals surface area contributed by atoms with Crippen LogP contribution in [-0.2, 0) is 11.3 Å². The summed E-state index contributed by atoms with van der Waals surface area (Å²) in [6, 6.07) is 12.2. The average molecular weight is 273 g/mol. The maximum atomic E-state index is 9.77. The summed E-state index contributed by atoms with van der Waals surface area (Å²) in [5, 5.41) is 28.8. The Balaban J connectivity index is 1.65. The molecule has 0 radical (unpaired) electrons. The third-order valence-corrected chi connectivity index (χ3v) is 3.19. The highest BCUT2D eigenvalue weighted by Gasteiger charge is 2.38. The summed E-state index contributed by atoms with van der Waals surface area (Å²) >= 11 is 0. The SMILES string of the molecule is Oc1cc(O)c(N2CC2OCc2ccccc2)c(O)c1. The fourth-order valence-corrected chi connectivity index (χ4v) is 2.15. The number of hydrogen-bond donors (Lipinski definition) is 3. The van der Waals surface area contributed by atoms with Gasteiger partial charge in [0.15, 0.2) is 0 Å². The lowest BCUT2D eigenvalue weighted by molar-refractivity contribution is 0.109. The van der Waals surface area contributed by atoms with Crippen LogP contribution in [0.2, 0.25) is 0 Å². The van der Waals surface area contributed by atoms with E-state index in [0.29, 0.717) is 18.8 Å². The summed E-state index contributed by atoms with van der Waals surface area (Å²) in [5.41, 5.74) is 1.36. The lowest BCUT2D eigenvalue weighted by Gasteiger charge is -2.11. The predicted octanol–water partition coefficient (Wildman–Crippen LogP) is 2.17. The number of rotatable bonds is 4. The van der Waals surface area contributed by atoms with E-state index in [9.17, 15) is 15.3 Å². The second kappa shape index (κ2) is 4.94. The van der Waals surface area contributed by atoms with Crippen LogP contribution in [0.5, 0.6) is 17.2 Å². The Bertz CT molecular complexity index is 592. The van der Waals surface area contributed by atoms with E-state index in [4.69, 9.17) is 4.74 Å². The van der Waals surface area contributed by atoms with Crippen molar-refractivity contribution < 1.29 is 20.1 Å². The zero-order valence-electron chi connectivity index (χ0n) is 10.7. The van der Waals surface area contributed by atoms with Crippen molar-refractivity contribution in [1.82, 2.24) is 0 Å². The van der Waals surface area contributed by atoms with Crippen molar-refractivity contribution >= 4 is 5.69 Å². The number of phenolic OH excluding ortho intramolecular Hbond substituents is 3. The summed E-state index contributed by atoms with van der Waals surface area (Å²) in [4.78, 5) is 1.73. The fourth-order valence-electron chi connectivity index (χ4n) is 2.15. The van der Waals surface area contributed by atoms with Gasteiger partial charge in [-0.05, 0) is 5.56 Å². The van der Waals surface area contributed by atoms with E-state index in [0.717, 1.165) is 5.56 Å². The van der Waals surface area contributed by atoms with Crippen LogP contribution >= 0.6 is 0 Å². The van der Waals surface area contributed by atoms with Crippen LogP contribution in [0.3, 0.4) is 0 Å². The number of anilines is 1. The van der Waals surface area contributed by atoms with Crippen molar-refractivity contribution in [2.24, 2.45) is 0 Å². The Kier molecular flexibility index (Phi) is 3.12. The maximum absolute atomic E-state index is 9.77. The van der Waals surface area contributed by atoms with Crippen molar-refractivity contribution in [3.63, 3.8) is 0 Å². The summed E-state index contributed by atoms with van der Waals surface area (Å²) in [5.74, 6) is -0.492. The number of ether oxygens (including phenoxy) is 1. The second-order valence-electron chi connectivity index (χ2n) is 4.74. The molecule has 2 aromatic rings. The molecule has 0 aliphatic carbocycles. The van der Waals surface area contributed by atoms with E-state index >= 15 is 0 Å². The van der Waals surface area contributed by atoms with Gasteiger partial charge < -0.3 is 25.0 Å². The minimum absolute atomic E-state index is 0.159. The molecule has 1 aliphatic heterocycles. The summed E-state index contributed by atoms with van der Waals surface area (Å²) in [6.07, 6.45) is -0.170. The van der Waals surface area contributed by atoms with Gasteiger partial charge in [-0.25, -0.2) is 0 Å². The highest BCUT2D eigenvalue weighted by atomic mass is 16.5. The Labute approximate surface area is 116 Å². The van der Waals surface area contributed by atoms with Gasteiger partial charge in [-0.1, -0.05) is 30.3 Å². The molecule has 0 spiro atoms. The van der Waals surface area contributed by atoms with Crippen LogP contribution in [0, 0.1) is 0 Å². The number of nitrogens with zero attached hydrogens (tertiary/aromatic N) is 1. The molecular weight excluding hydrogens is 258 g/mol. The van der Waals surface area contributed by atoms with E-state index < -0.39 is 0 Å². The topological polar surface area (TPSA) is 72.9 Å². The minimum Gasteiger partial charge on any atom is -0.508 e. The molecule has 1 aliphatic rings. The molecule has 0 bridgehead atoms. The third kappa shape index (κ3) is 2.48. The summed E-state index contributed by atoms with van der Waals surface area (Å²) < 4.78 is 5.69. The van der Waals surface area contributed by atoms with Crippen LogP contribution in [-0.4, -0.2) is 28.1 Å². The zero-order valence-corrected chi connectivity index (χ0v) is 10.7. The molecule has 0 saturated carbocycles. The zero-order chi connectivity index (χ0) is 14.1. The van der Waals surface area contributed by atoms with Crippen molar-refractivity contribution in [2.45, 2.75) is 12.8 Å². The van der Waals surface area contributed by atoms with Gasteiger partial charge in [0.2, 0.25) is 0 Å². The lowest BCUT2D eigenvalue weighted by Crippen LogP contribution is -2.04. The van der Waals surface area contributed by atoms with Crippen LogP contribution in [0.1, 0.15) is 5.56 Å². The van der Waals surface area contributed by atoms with Crippen LogP contribution in [0.15, 0.2) is 42.5 Å². The maximum Gasteiger partial charge on any atom is 0.148 e. The second-order valence-corrected chi connectivity index (χ2v) is 4.74. The van der Waals surface area contributed by atoms with Crippen molar-refractivity contribution in [3.05, 3.63) is 48.0 Å². The number of aromatic hydroxyl groups is 3. The Morgan fingerprint density at radius 3 is 2.35 bits per heavy atom. The first-order chi connectivity index (χ1) is 9.65. The Hall–Kier alpha value is -2.40. The van der Waals surface area contributed by atoms with E-state index in [1.165, 1.54) is 12.1 Å². The number of benzene rings is 2. The molecule has 5 heteroatoms. The molecule has 0 amide bonds. The first-order valence-electron chi connectivity index (χ1n) is 6.32. The van der Waals surface area contributed by atoms with Gasteiger partial charge in [0.05, 0.1) is 13.2 Å². The molecule has 5 nitrogen and oxygen atoms in total. The quantitative estimate of drug-likeness (QED) is 0.745. The monoisotopic (exact) mass is 273 g/mol. The van der Waals surface area contributed by atoms with Gasteiger partial charge in [0.1, 0.15) is 29.2 Å². The summed E-state index contributed by atoms with van der Waals surface area (Å²) in [6.45, 7) is 1.07. The Morgan fingerprint density at radius 2 is 1.70 bits per heavy atom. The van der Waals surface area contributed by atoms with Crippen molar-refractivity contribution in [3.8, 4) is 17.2 Å². The normalized spacial score (nSPS) is 17.2. The highest BCUT2D eigenvalue weighted by Crippen LogP contribution is 2.44. The van der Waals surface area contributed by atoms with E-state index in [1.54, 1.807) is 4.90 Å². The molecule has 3 N–H and O–H groups in total. The standard InChI is InChI=1S/C15H15NO4/c17-11-6-12(18)15(13(19)7-11)16-8-14(16)20-9-10-4-2-1-3-5-10/h1-7,14,17-19H,8-9H2. The van der Waals surface area contributed by atoms with Crippen molar-refractivity contribution in [2.75, 3.05) is 11.4 Å². The number of hydrogen-bond acceptors (Lipinski definition) is 5. The molecule has 1 saturated heterocycles. The molecule has 1 unspecified atom stereocenters. The summed E-state index contributed by atoms with van der Waals surface area (Å²) in [7, 11) is 0. The fraction of sp³-hybridized carbons (Fsp3) is 0.200. The average Bonchev–Trinajstić information content (AvgIpc) is 3.16. The largest absolute Gasteiger partial charge is 0.508 e. The first-order valence-corrected chi connectivity index (χ1v) is 6.32. The molecule has 2 aromatic carbocycles. The van der Waals surface area contributed by atoms with E-state index in [2.05, 4.69) is 0 Å². The molecule has 3 rings (SSSR count). The Morgan fingerprint density at radius 1 is 1.05 bits per heavy atom. The smallest absolute Gasteiger partial charge is 0.148 e. The van der Waals surface area contributed by atoms with Gasteiger partial charge in [-0.15, -0.1) is 0 Å². The molecule has 1 heterocycles. The molecule has 0 aromatic heterocycles. The van der Waals surface area contributed by atoms with Crippen molar-refractivity contribution in [1.29, 1.82) is 0 Å². The predicted molar refractivity (Wildman–Crippen MR) is 73.8 cm³/mol. The van der Waals surface area contributed by atoms with Gasteiger partial charge in [0, 0.05) is 12.1 Å². The van der Waals surface area contributed by atoms with Gasteiger partial charge in [0.25, 0.3) is 0 Å². The van der Waals surface area contributed by atoms with Gasteiger partial charge >= 0.3 is 0 Å². The lowest BCUT2D eigenvalue weighted by atomic mass is 10.2. The molecule has 20 heavy (non-hydrogen) atoms. The minimum atomic E-state index is -0.174. The first kappa shape index (κ1) is 12.6. The van der Waals surface area contributed by atoms with Crippen LogP contribution < -0.4 is 4.90 Å². The molecule has 1 fully saturated rings. The molecule has 1 atom stereocenters. The van der Waals surface area contributed by atoms with Crippen LogP contribution in [0.25, 0.3) is 0 Å². The van der Waals surface area contributed by atoms with E-state index in [-0.39, 0.29) is 23.5 Å². The third-order valence-electron chi connectivity index (χ3n) is 3.19. The van der Waals surface area contributed by atoms with Gasteiger partial charge in [-0.3, -0.25) is 0 Å².